The number of amides is 2. The standard InChI is InChI=1S/C22H28N2O2/c1-4-20(22(26)23-3)24(16-19-12-10-17(2)11-13-19)21(25)15-14-18-8-6-5-7-9-18/h5-13,20H,4,14-16H2,1-3H3,(H,23,26). The maximum Gasteiger partial charge on any atom is 0.242 e. The fraction of sp³-hybridized carbons (Fsp3) is 0.364. The Balaban J connectivity index is 2.16. The number of carbonyl (C=O) groups excluding carboxylic acids is 2. The highest BCUT2D eigenvalue weighted by Gasteiger charge is 2.27. The van der Waals surface area contributed by atoms with Crippen molar-refractivity contribution < 1.29 is 9.59 Å². The van der Waals surface area contributed by atoms with Gasteiger partial charge in [0, 0.05) is 20.0 Å². The van der Waals surface area contributed by atoms with Crippen molar-refractivity contribution in [3.8, 4) is 0 Å². The molecule has 0 aromatic heterocycles. The number of nitrogens with one attached hydrogen (secondary N) is 1. The van der Waals surface area contributed by atoms with Gasteiger partial charge >= 0.3 is 0 Å². The number of nitrogens with zero attached hydrogens (tertiary/aromatic N) is 1. The van der Waals surface area contributed by atoms with Gasteiger partial charge in [-0.05, 0) is 30.9 Å². The first-order chi connectivity index (χ1) is 12.5. The van der Waals surface area contributed by atoms with Gasteiger partial charge in [0.15, 0.2) is 0 Å². The van der Waals surface area contributed by atoms with Crippen molar-refractivity contribution in [2.45, 2.75) is 45.7 Å². The predicted molar refractivity (Wildman–Crippen MR) is 105 cm³/mol. The van der Waals surface area contributed by atoms with Gasteiger partial charge in [-0.1, -0.05) is 67.1 Å². The Hall–Kier alpha value is -2.62. The highest BCUT2D eigenvalue weighted by atomic mass is 16.2. The van der Waals surface area contributed by atoms with E-state index < -0.39 is 6.04 Å². The average Bonchev–Trinajstić information content (AvgIpc) is 2.68. The molecule has 0 aliphatic carbocycles. The van der Waals surface area contributed by atoms with Crippen molar-refractivity contribution in [1.29, 1.82) is 0 Å². The molecule has 26 heavy (non-hydrogen) atoms. The summed E-state index contributed by atoms with van der Waals surface area (Å²) in [5.74, 6) is -0.113. The molecule has 0 aliphatic rings. The van der Waals surface area contributed by atoms with Gasteiger partial charge in [0.1, 0.15) is 6.04 Å². The molecule has 1 N–H and O–H groups in total. The summed E-state index contributed by atoms with van der Waals surface area (Å²) >= 11 is 0. The van der Waals surface area contributed by atoms with E-state index >= 15 is 0 Å². The van der Waals surface area contributed by atoms with Crippen LogP contribution >= 0.6 is 0 Å². The Bertz CT molecular complexity index is 711. The van der Waals surface area contributed by atoms with E-state index in [0.29, 0.717) is 25.8 Å². The zero-order valence-electron chi connectivity index (χ0n) is 15.9. The van der Waals surface area contributed by atoms with Crippen molar-refractivity contribution >= 4 is 11.8 Å². The van der Waals surface area contributed by atoms with E-state index in [-0.39, 0.29) is 11.8 Å². The molecule has 0 saturated heterocycles. The van der Waals surface area contributed by atoms with Crippen molar-refractivity contribution in [2.75, 3.05) is 7.05 Å². The Kier molecular flexibility index (Phi) is 7.39. The molecule has 138 valence electrons. The van der Waals surface area contributed by atoms with Gasteiger partial charge in [0.2, 0.25) is 11.8 Å². The summed E-state index contributed by atoms with van der Waals surface area (Å²) in [7, 11) is 1.61. The van der Waals surface area contributed by atoms with Crippen LogP contribution in [-0.4, -0.2) is 29.8 Å². The summed E-state index contributed by atoms with van der Waals surface area (Å²) in [5, 5.41) is 2.69. The molecule has 0 fully saturated rings. The van der Waals surface area contributed by atoms with Crippen LogP contribution in [0.15, 0.2) is 54.6 Å². The molecule has 4 nitrogen and oxygen atoms in total. The number of benzene rings is 2. The third-order valence-electron chi connectivity index (χ3n) is 4.58. The molecule has 0 saturated carbocycles. The van der Waals surface area contributed by atoms with Gasteiger partial charge in [-0.15, -0.1) is 0 Å². The smallest absolute Gasteiger partial charge is 0.242 e. The minimum absolute atomic E-state index is 0.00452. The molecule has 2 aromatic carbocycles. The minimum Gasteiger partial charge on any atom is -0.357 e. The summed E-state index contributed by atoms with van der Waals surface area (Å²) in [6.07, 6.45) is 1.65. The third-order valence-corrected chi connectivity index (χ3v) is 4.58. The SMILES string of the molecule is CCC(C(=O)NC)N(Cc1ccc(C)cc1)C(=O)CCc1ccccc1. The lowest BCUT2D eigenvalue weighted by atomic mass is 10.1. The van der Waals surface area contributed by atoms with Gasteiger partial charge in [-0.2, -0.15) is 0 Å². The maximum absolute atomic E-state index is 13.0. The van der Waals surface area contributed by atoms with Crippen molar-refractivity contribution in [1.82, 2.24) is 10.2 Å². The molecule has 2 rings (SSSR count). The monoisotopic (exact) mass is 352 g/mol. The molecule has 0 heterocycles. The topological polar surface area (TPSA) is 49.4 Å². The van der Waals surface area contributed by atoms with Crippen LogP contribution in [0.5, 0.6) is 0 Å². The zero-order valence-corrected chi connectivity index (χ0v) is 15.9. The quantitative estimate of drug-likeness (QED) is 0.791. The van der Waals surface area contributed by atoms with Crippen molar-refractivity contribution in [2.24, 2.45) is 0 Å². The zero-order chi connectivity index (χ0) is 18.9. The molecule has 0 spiro atoms. The number of likely N-dealkylation sites (N-methyl/N-ethyl adjacent to an activating group) is 1. The summed E-state index contributed by atoms with van der Waals surface area (Å²) in [6.45, 7) is 4.41. The van der Waals surface area contributed by atoms with Crippen molar-refractivity contribution in [3.05, 3.63) is 71.3 Å². The first-order valence-corrected chi connectivity index (χ1v) is 9.15. The summed E-state index contributed by atoms with van der Waals surface area (Å²) < 4.78 is 0. The van der Waals surface area contributed by atoms with Gasteiger partial charge in [0.05, 0.1) is 0 Å². The predicted octanol–water partition coefficient (Wildman–Crippen LogP) is 3.48. The number of aryl methyl sites for hydroxylation is 2. The van der Waals surface area contributed by atoms with E-state index in [2.05, 4.69) is 5.32 Å². The molecule has 0 radical (unpaired) electrons. The highest BCUT2D eigenvalue weighted by Crippen LogP contribution is 2.15. The Morgan fingerprint density at radius 2 is 1.65 bits per heavy atom. The Morgan fingerprint density at radius 3 is 2.23 bits per heavy atom. The summed E-state index contributed by atoms with van der Waals surface area (Å²) in [6, 6.07) is 17.6. The van der Waals surface area contributed by atoms with Crippen LogP contribution in [0, 0.1) is 6.92 Å². The molecule has 2 amide bonds. The first kappa shape index (κ1) is 19.7. The molecule has 1 unspecified atom stereocenters. The minimum atomic E-state index is -0.454. The number of hydrogen-bond donors (Lipinski definition) is 1. The molecular formula is C22H28N2O2. The van der Waals surface area contributed by atoms with Gasteiger partial charge in [0.25, 0.3) is 0 Å². The van der Waals surface area contributed by atoms with Gasteiger partial charge in [-0.3, -0.25) is 9.59 Å². The lowest BCUT2D eigenvalue weighted by Gasteiger charge is -2.30. The van der Waals surface area contributed by atoms with Crippen LogP contribution in [0.3, 0.4) is 0 Å². The molecule has 4 heteroatoms. The Labute approximate surface area is 156 Å². The van der Waals surface area contributed by atoms with E-state index in [1.807, 2.05) is 68.4 Å². The maximum atomic E-state index is 13.0. The van der Waals surface area contributed by atoms with Crippen LogP contribution in [0.25, 0.3) is 0 Å². The second kappa shape index (κ2) is 9.76. The lowest BCUT2D eigenvalue weighted by molar-refractivity contribution is -0.141. The third kappa shape index (κ3) is 5.45. The highest BCUT2D eigenvalue weighted by molar-refractivity contribution is 5.87. The number of carbonyl (C=O) groups is 2. The van der Waals surface area contributed by atoms with E-state index in [4.69, 9.17) is 0 Å². The lowest BCUT2D eigenvalue weighted by Crippen LogP contribution is -2.48. The second-order valence-corrected chi connectivity index (χ2v) is 6.53. The summed E-state index contributed by atoms with van der Waals surface area (Å²) in [5.41, 5.74) is 3.34. The molecule has 2 aromatic rings. The molecule has 0 bridgehead atoms. The van der Waals surface area contributed by atoms with E-state index in [9.17, 15) is 9.59 Å². The largest absolute Gasteiger partial charge is 0.357 e. The van der Waals surface area contributed by atoms with Crippen LogP contribution in [-0.2, 0) is 22.6 Å². The van der Waals surface area contributed by atoms with Crippen molar-refractivity contribution in [3.63, 3.8) is 0 Å². The second-order valence-electron chi connectivity index (χ2n) is 6.53. The van der Waals surface area contributed by atoms with Crippen LogP contribution in [0.4, 0.5) is 0 Å². The molecule has 1 atom stereocenters. The molecular weight excluding hydrogens is 324 g/mol. The first-order valence-electron chi connectivity index (χ1n) is 9.15. The number of hydrogen-bond acceptors (Lipinski definition) is 2. The van der Waals surface area contributed by atoms with Crippen LogP contribution < -0.4 is 5.32 Å². The Morgan fingerprint density at radius 1 is 1.00 bits per heavy atom. The van der Waals surface area contributed by atoms with Crippen LogP contribution in [0.2, 0.25) is 0 Å². The average molecular weight is 352 g/mol. The number of rotatable bonds is 8. The van der Waals surface area contributed by atoms with Gasteiger partial charge in [-0.25, -0.2) is 0 Å². The van der Waals surface area contributed by atoms with E-state index in [1.54, 1.807) is 11.9 Å². The molecule has 0 aliphatic heterocycles. The van der Waals surface area contributed by atoms with E-state index in [1.165, 1.54) is 5.56 Å². The fourth-order valence-corrected chi connectivity index (χ4v) is 3.02. The van der Waals surface area contributed by atoms with Crippen LogP contribution in [0.1, 0.15) is 36.5 Å². The summed E-state index contributed by atoms with van der Waals surface area (Å²) in [4.78, 5) is 27.0. The fourth-order valence-electron chi connectivity index (χ4n) is 3.02. The van der Waals surface area contributed by atoms with E-state index in [0.717, 1.165) is 11.1 Å². The normalized spacial score (nSPS) is 11.7. The van der Waals surface area contributed by atoms with Gasteiger partial charge < -0.3 is 10.2 Å².